The Bertz CT molecular complexity index is 1240. The number of para-hydroxylation sites is 2. The normalized spacial score (nSPS) is 26.1. The zero-order valence-electron chi connectivity index (χ0n) is 17.5. The van der Waals surface area contributed by atoms with Crippen LogP contribution in [-0.4, -0.2) is 16.7 Å². The summed E-state index contributed by atoms with van der Waals surface area (Å²) in [5.41, 5.74) is 7.13. The van der Waals surface area contributed by atoms with Gasteiger partial charge < -0.3 is 9.47 Å². The third-order valence-corrected chi connectivity index (χ3v) is 7.85. The van der Waals surface area contributed by atoms with E-state index in [-0.39, 0.29) is 0 Å². The maximum atomic E-state index is 2.74. The van der Waals surface area contributed by atoms with E-state index in [2.05, 4.69) is 97.0 Å². The lowest BCUT2D eigenvalue weighted by atomic mass is 9.82. The van der Waals surface area contributed by atoms with E-state index in [0.29, 0.717) is 17.5 Å². The molecule has 2 aliphatic rings. The summed E-state index contributed by atoms with van der Waals surface area (Å²) >= 11 is 0. The Morgan fingerprint density at radius 3 is 2.41 bits per heavy atom. The molecule has 3 atom stereocenters. The molecule has 1 aromatic heterocycles. The highest BCUT2D eigenvalue weighted by Gasteiger charge is 2.51. The van der Waals surface area contributed by atoms with Gasteiger partial charge in [-0.3, -0.25) is 0 Å². The molecule has 1 saturated heterocycles. The lowest BCUT2D eigenvalue weighted by Crippen LogP contribution is -2.42. The third-order valence-electron chi connectivity index (χ3n) is 7.85. The first kappa shape index (κ1) is 17.1. The van der Waals surface area contributed by atoms with Gasteiger partial charge in [-0.25, -0.2) is 0 Å². The predicted molar refractivity (Wildman–Crippen MR) is 123 cm³/mol. The summed E-state index contributed by atoms with van der Waals surface area (Å²) in [5.74, 6) is 0. The average Bonchev–Trinajstić information content (AvgIpc) is 3.35. The quantitative estimate of drug-likeness (QED) is 0.369. The van der Waals surface area contributed by atoms with Crippen LogP contribution in [0.5, 0.6) is 0 Å². The zero-order chi connectivity index (χ0) is 19.8. The van der Waals surface area contributed by atoms with Crippen LogP contribution in [0.4, 0.5) is 5.69 Å². The van der Waals surface area contributed by atoms with E-state index >= 15 is 0 Å². The van der Waals surface area contributed by atoms with Gasteiger partial charge in [0.15, 0.2) is 0 Å². The molecule has 2 fully saturated rings. The van der Waals surface area contributed by atoms with Gasteiger partial charge >= 0.3 is 0 Å². The highest BCUT2D eigenvalue weighted by molar-refractivity contribution is 6.10. The highest BCUT2D eigenvalue weighted by atomic mass is 15.2. The summed E-state index contributed by atoms with van der Waals surface area (Å²) in [6, 6.07) is 25.8. The summed E-state index contributed by atoms with van der Waals surface area (Å²) in [4.78, 5) is 2.74. The Kier molecular flexibility index (Phi) is 3.48. The van der Waals surface area contributed by atoms with Gasteiger partial charge in [0.2, 0.25) is 0 Å². The Hall–Kier alpha value is -2.74. The van der Waals surface area contributed by atoms with E-state index in [1.54, 1.807) is 0 Å². The molecule has 3 aromatic carbocycles. The number of rotatable bonds is 2. The molecule has 29 heavy (non-hydrogen) atoms. The van der Waals surface area contributed by atoms with Crippen molar-refractivity contribution in [3.05, 3.63) is 72.3 Å². The van der Waals surface area contributed by atoms with Gasteiger partial charge in [0.05, 0.1) is 11.0 Å². The van der Waals surface area contributed by atoms with Crippen molar-refractivity contribution in [1.82, 2.24) is 4.57 Å². The molecule has 2 nitrogen and oxygen atoms in total. The van der Waals surface area contributed by atoms with Gasteiger partial charge in [0, 0.05) is 34.2 Å². The molecule has 1 saturated carbocycles. The highest BCUT2D eigenvalue weighted by Crippen LogP contribution is 2.54. The fraction of sp³-hybridized carbons (Fsp3) is 0.333. The van der Waals surface area contributed by atoms with E-state index in [9.17, 15) is 0 Å². The zero-order valence-corrected chi connectivity index (χ0v) is 17.5. The van der Waals surface area contributed by atoms with E-state index in [1.807, 2.05) is 0 Å². The minimum absolute atomic E-state index is 0.476. The number of anilines is 1. The number of aromatic nitrogens is 1. The molecule has 146 valence electrons. The number of hydrogen-bond acceptors (Lipinski definition) is 1. The van der Waals surface area contributed by atoms with Crippen LogP contribution in [0.25, 0.3) is 27.5 Å². The number of benzene rings is 3. The number of nitrogens with zero attached hydrogens (tertiary/aromatic N) is 2. The molecule has 3 unspecified atom stereocenters. The van der Waals surface area contributed by atoms with Gasteiger partial charge in [-0.1, -0.05) is 43.3 Å². The molecule has 2 heterocycles. The van der Waals surface area contributed by atoms with Crippen molar-refractivity contribution < 1.29 is 0 Å². The minimum atomic E-state index is 0.476. The second kappa shape index (κ2) is 5.89. The first-order chi connectivity index (χ1) is 14.1. The second-order valence-electron chi connectivity index (χ2n) is 9.48. The summed E-state index contributed by atoms with van der Waals surface area (Å²) in [6.45, 7) is 7.23. The molecule has 1 aliphatic carbocycles. The summed E-state index contributed by atoms with van der Waals surface area (Å²) in [5, 5.41) is 2.71. The topological polar surface area (TPSA) is 8.17 Å². The molecule has 2 bridgehead atoms. The van der Waals surface area contributed by atoms with Crippen molar-refractivity contribution in [2.24, 2.45) is 5.41 Å². The Balaban J connectivity index is 1.62. The van der Waals surface area contributed by atoms with Gasteiger partial charge in [-0.05, 0) is 74.4 Å². The first-order valence-electron chi connectivity index (χ1n) is 10.9. The predicted octanol–water partition coefficient (Wildman–Crippen LogP) is 6.86. The van der Waals surface area contributed by atoms with E-state index in [4.69, 9.17) is 0 Å². The van der Waals surface area contributed by atoms with Crippen LogP contribution in [0.2, 0.25) is 0 Å². The average molecular weight is 381 g/mol. The number of aryl methyl sites for hydroxylation is 1. The van der Waals surface area contributed by atoms with Crippen LogP contribution in [0.1, 0.15) is 38.7 Å². The fourth-order valence-electron chi connectivity index (χ4n) is 6.15. The second-order valence-corrected chi connectivity index (χ2v) is 9.48. The molecule has 1 aliphatic heterocycles. The minimum Gasteiger partial charge on any atom is -0.365 e. The van der Waals surface area contributed by atoms with Crippen LogP contribution >= 0.6 is 0 Å². The fourth-order valence-corrected chi connectivity index (χ4v) is 6.15. The monoisotopic (exact) mass is 380 g/mol. The van der Waals surface area contributed by atoms with Crippen molar-refractivity contribution in [2.45, 2.75) is 52.1 Å². The van der Waals surface area contributed by atoms with Gasteiger partial charge in [0.25, 0.3) is 0 Å². The maximum absolute atomic E-state index is 2.74. The lowest BCUT2D eigenvalue weighted by molar-refractivity contribution is 0.295. The van der Waals surface area contributed by atoms with Gasteiger partial charge in [-0.2, -0.15) is 0 Å². The van der Waals surface area contributed by atoms with Crippen LogP contribution in [0.15, 0.2) is 66.7 Å². The number of piperidine rings is 1. The molecule has 0 spiro atoms. The van der Waals surface area contributed by atoms with Crippen molar-refractivity contribution in [3.8, 4) is 5.69 Å². The summed E-state index contributed by atoms with van der Waals surface area (Å²) in [6.07, 6.45) is 4.06. The molecule has 0 radical (unpaired) electrons. The smallest absolute Gasteiger partial charge is 0.0545 e. The van der Waals surface area contributed by atoms with Gasteiger partial charge in [0.1, 0.15) is 0 Å². The van der Waals surface area contributed by atoms with Crippen LogP contribution < -0.4 is 4.90 Å². The SMILES string of the molecule is Cc1cc2c(cc1N1C3CCC(C)(C3)C1C)c1ccccc1n2-c1ccccc1. The maximum Gasteiger partial charge on any atom is 0.0545 e. The Labute approximate surface area is 172 Å². The van der Waals surface area contributed by atoms with E-state index < -0.39 is 0 Å². The van der Waals surface area contributed by atoms with E-state index in [1.165, 1.54) is 58.0 Å². The third kappa shape index (κ3) is 2.29. The van der Waals surface area contributed by atoms with Crippen molar-refractivity contribution in [1.29, 1.82) is 0 Å². The Morgan fingerprint density at radius 2 is 1.66 bits per heavy atom. The molecule has 6 rings (SSSR count). The molecule has 2 heteroatoms. The summed E-state index contributed by atoms with van der Waals surface area (Å²) < 4.78 is 2.42. The molecule has 0 amide bonds. The molecular weight excluding hydrogens is 352 g/mol. The summed E-state index contributed by atoms with van der Waals surface area (Å²) in [7, 11) is 0. The van der Waals surface area contributed by atoms with Crippen LogP contribution in [0, 0.1) is 12.3 Å². The number of hydrogen-bond donors (Lipinski definition) is 0. The van der Waals surface area contributed by atoms with Crippen molar-refractivity contribution in [2.75, 3.05) is 4.90 Å². The molecular formula is C27H28N2. The lowest BCUT2D eigenvalue weighted by Gasteiger charge is -2.40. The van der Waals surface area contributed by atoms with Crippen molar-refractivity contribution >= 4 is 27.5 Å². The standard InChI is InChI=1S/C27H28N2/c1-18-15-26-23(16-25(18)28-19(2)27(3)14-13-21(28)17-27)22-11-7-8-12-24(22)29(26)20-9-5-4-6-10-20/h4-12,15-16,19,21H,13-14,17H2,1-3H3. The Morgan fingerprint density at radius 1 is 0.897 bits per heavy atom. The first-order valence-corrected chi connectivity index (χ1v) is 10.9. The van der Waals surface area contributed by atoms with Crippen molar-refractivity contribution in [3.63, 3.8) is 0 Å². The number of fused-ring (bicyclic) bond motifs is 5. The largest absolute Gasteiger partial charge is 0.365 e. The van der Waals surface area contributed by atoms with Gasteiger partial charge in [-0.15, -0.1) is 0 Å². The molecule has 4 aromatic rings. The van der Waals surface area contributed by atoms with Crippen LogP contribution in [-0.2, 0) is 0 Å². The van der Waals surface area contributed by atoms with Crippen LogP contribution in [0.3, 0.4) is 0 Å². The van der Waals surface area contributed by atoms with E-state index in [0.717, 1.165) is 0 Å². The molecule has 0 N–H and O–H groups in total.